The summed E-state index contributed by atoms with van der Waals surface area (Å²) < 4.78 is 0. The van der Waals surface area contributed by atoms with E-state index in [1.165, 1.54) is 12.2 Å². The highest BCUT2D eigenvalue weighted by molar-refractivity contribution is 5.50. The van der Waals surface area contributed by atoms with Gasteiger partial charge in [0.1, 0.15) is 0 Å². The molecule has 7 heteroatoms. The molecule has 0 aliphatic rings. The number of nitro groups is 2. The van der Waals surface area contributed by atoms with Gasteiger partial charge < -0.3 is 0 Å². The molecule has 1 radical (unpaired) electrons. The van der Waals surface area contributed by atoms with Gasteiger partial charge in [-0.1, -0.05) is 44.1 Å². The first-order valence-electron chi connectivity index (χ1n) is 9.34. The first kappa shape index (κ1) is 24.4. The average Bonchev–Trinajstić information content (AvgIpc) is 2.63. The molecule has 149 valence electrons. The first-order chi connectivity index (χ1) is 13.0. The van der Waals surface area contributed by atoms with E-state index >= 15 is 0 Å². The molecular weight excluding hydrogens is 348 g/mol. The Morgan fingerprint density at radius 2 is 1.52 bits per heavy atom. The van der Waals surface area contributed by atoms with Crippen LogP contribution in [0.25, 0.3) is 0 Å². The minimum absolute atomic E-state index is 0.0355. The Labute approximate surface area is 160 Å². The summed E-state index contributed by atoms with van der Waals surface area (Å²) in [5, 5.41) is 22.2. The molecule has 27 heavy (non-hydrogen) atoms. The SMILES string of the molecule is CC/C=C\C/C=C(\C/C=C(\C/C=C\CCCCCC[C]=O)[N+](=O)[O-])[N+](=O)[O-]. The van der Waals surface area contributed by atoms with Crippen molar-refractivity contribution in [1.29, 1.82) is 0 Å². The van der Waals surface area contributed by atoms with Gasteiger partial charge in [-0.2, -0.15) is 0 Å². The topological polar surface area (TPSA) is 103 Å². The Bertz CT molecular complexity index is 577. The van der Waals surface area contributed by atoms with Crippen LogP contribution in [0.1, 0.15) is 71.1 Å². The highest BCUT2D eigenvalue weighted by Gasteiger charge is 2.13. The van der Waals surface area contributed by atoms with Crippen LogP contribution < -0.4 is 0 Å². The van der Waals surface area contributed by atoms with Gasteiger partial charge in [0.05, 0.1) is 22.7 Å². The standard InChI is InChI=1S/C20H29N2O5/c1-2-3-4-11-14-19(21(24)25)16-17-20(22(26)27)15-12-9-7-5-6-8-10-13-18-23/h3-4,9,12,14,17H,2,5-8,10-11,13,15-16H2,1H3/b4-3-,12-9-,19-14+,20-17+. The summed E-state index contributed by atoms with van der Waals surface area (Å²) in [6, 6.07) is 0. The Morgan fingerprint density at radius 3 is 2.15 bits per heavy atom. The predicted octanol–water partition coefficient (Wildman–Crippen LogP) is 5.45. The van der Waals surface area contributed by atoms with Gasteiger partial charge in [-0.05, 0) is 44.3 Å². The van der Waals surface area contributed by atoms with E-state index in [1.54, 1.807) is 6.08 Å². The van der Waals surface area contributed by atoms with Gasteiger partial charge >= 0.3 is 0 Å². The lowest BCUT2D eigenvalue weighted by Crippen LogP contribution is -2.01. The molecule has 0 N–H and O–H groups in total. The molecule has 0 unspecified atom stereocenters. The Morgan fingerprint density at radius 1 is 0.852 bits per heavy atom. The molecule has 0 aromatic rings. The summed E-state index contributed by atoms with van der Waals surface area (Å²) >= 11 is 0. The van der Waals surface area contributed by atoms with Crippen molar-refractivity contribution in [2.24, 2.45) is 0 Å². The minimum Gasteiger partial charge on any atom is -0.291 e. The predicted molar refractivity (Wildman–Crippen MR) is 106 cm³/mol. The Kier molecular flexibility index (Phi) is 15.3. The van der Waals surface area contributed by atoms with Crippen molar-refractivity contribution in [3.63, 3.8) is 0 Å². The molecule has 0 aromatic heterocycles. The van der Waals surface area contributed by atoms with Gasteiger partial charge in [0, 0.05) is 6.42 Å². The monoisotopic (exact) mass is 377 g/mol. The second-order valence-corrected chi connectivity index (χ2v) is 6.00. The lowest BCUT2D eigenvalue weighted by molar-refractivity contribution is -0.431. The zero-order chi connectivity index (χ0) is 20.3. The van der Waals surface area contributed by atoms with E-state index in [1.807, 2.05) is 31.4 Å². The van der Waals surface area contributed by atoms with Crippen LogP contribution in [-0.2, 0) is 4.79 Å². The van der Waals surface area contributed by atoms with Crippen LogP contribution in [0.15, 0.2) is 47.9 Å². The fraction of sp³-hybridized carbons (Fsp3) is 0.550. The van der Waals surface area contributed by atoms with Gasteiger partial charge in [-0.15, -0.1) is 0 Å². The fourth-order valence-electron chi connectivity index (χ4n) is 2.29. The lowest BCUT2D eigenvalue weighted by atomic mass is 10.1. The van der Waals surface area contributed by atoms with Gasteiger partial charge in [0.15, 0.2) is 6.29 Å². The maximum atomic E-state index is 11.1. The average molecular weight is 377 g/mol. The lowest BCUT2D eigenvalue weighted by Gasteiger charge is -1.97. The Balaban J connectivity index is 4.48. The molecule has 0 fully saturated rings. The number of rotatable bonds is 16. The summed E-state index contributed by atoms with van der Waals surface area (Å²) in [5.41, 5.74) is -0.0729. The van der Waals surface area contributed by atoms with Crippen LogP contribution in [0.2, 0.25) is 0 Å². The number of carbonyl (C=O) groups excluding carboxylic acids is 1. The van der Waals surface area contributed by atoms with Crippen LogP contribution in [-0.4, -0.2) is 16.1 Å². The van der Waals surface area contributed by atoms with E-state index in [0.29, 0.717) is 12.8 Å². The highest BCUT2D eigenvalue weighted by atomic mass is 16.6. The molecule has 0 spiro atoms. The summed E-state index contributed by atoms with van der Waals surface area (Å²) in [7, 11) is 0. The van der Waals surface area contributed by atoms with E-state index in [-0.39, 0.29) is 24.2 Å². The molecule has 0 aromatic carbocycles. The minimum atomic E-state index is -0.494. The number of nitrogens with zero attached hydrogens (tertiary/aromatic N) is 2. The molecule has 0 saturated heterocycles. The van der Waals surface area contributed by atoms with E-state index < -0.39 is 9.85 Å². The number of unbranched alkanes of at least 4 members (excludes halogenated alkanes) is 5. The number of allylic oxidation sites excluding steroid dienone is 6. The van der Waals surface area contributed by atoms with E-state index in [0.717, 1.165) is 38.5 Å². The molecular formula is C20H29N2O5. The summed E-state index contributed by atoms with van der Waals surface area (Å²) in [5.74, 6) is 0. The summed E-state index contributed by atoms with van der Waals surface area (Å²) in [4.78, 5) is 31.3. The van der Waals surface area contributed by atoms with Crippen LogP contribution in [0.3, 0.4) is 0 Å². The van der Waals surface area contributed by atoms with Crippen molar-refractivity contribution in [3.05, 3.63) is 68.1 Å². The fourth-order valence-corrected chi connectivity index (χ4v) is 2.29. The molecule has 0 bridgehead atoms. The normalized spacial score (nSPS) is 12.8. The summed E-state index contributed by atoms with van der Waals surface area (Å²) in [6.07, 6.45) is 18.5. The van der Waals surface area contributed by atoms with Crippen molar-refractivity contribution >= 4 is 6.29 Å². The largest absolute Gasteiger partial charge is 0.291 e. The quantitative estimate of drug-likeness (QED) is 0.154. The third kappa shape index (κ3) is 14.3. The maximum absolute atomic E-state index is 11.1. The van der Waals surface area contributed by atoms with E-state index in [9.17, 15) is 25.0 Å². The van der Waals surface area contributed by atoms with E-state index in [4.69, 9.17) is 0 Å². The zero-order valence-corrected chi connectivity index (χ0v) is 16.0. The van der Waals surface area contributed by atoms with Crippen molar-refractivity contribution < 1.29 is 14.6 Å². The molecule has 7 nitrogen and oxygen atoms in total. The van der Waals surface area contributed by atoms with E-state index in [2.05, 4.69) is 0 Å². The highest BCUT2D eigenvalue weighted by Crippen LogP contribution is 2.12. The van der Waals surface area contributed by atoms with Crippen LogP contribution in [0.4, 0.5) is 0 Å². The molecule has 0 heterocycles. The third-order valence-corrected chi connectivity index (χ3v) is 3.80. The van der Waals surface area contributed by atoms with Gasteiger partial charge in [-0.3, -0.25) is 25.0 Å². The van der Waals surface area contributed by atoms with Crippen molar-refractivity contribution in [3.8, 4) is 0 Å². The third-order valence-electron chi connectivity index (χ3n) is 3.80. The number of hydrogen-bond donors (Lipinski definition) is 0. The smallest absolute Gasteiger partial charge is 0.246 e. The molecule has 0 saturated carbocycles. The van der Waals surface area contributed by atoms with Gasteiger partial charge in [0.2, 0.25) is 11.4 Å². The van der Waals surface area contributed by atoms with Gasteiger partial charge in [0.25, 0.3) is 0 Å². The number of hydrogen-bond acceptors (Lipinski definition) is 5. The summed E-state index contributed by atoms with van der Waals surface area (Å²) in [6.45, 7) is 1.97. The molecule has 0 rings (SSSR count). The maximum Gasteiger partial charge on any atom is 0.246 e. The van der Waals surface area contributed by atoms with Crippen LogP contribution in [0, 0.1) is 20.2 Å². The zero-order valence-electron chi connectivity index (χ0n) is 16.0. The first-order valence-corrected chi connectivity index (χ1v) is 9.34. The van der Waals surface area contributed by atoms with Gasteiger partial charge in [-0.25, -0.2) is 0 Å². The second kappa shape index (κ2) is 16.9. The molecule has 0 aliphatic carbocycles. The molecule has 0 aliphatic heterocycles. The van der Waals surface area contributed by atoms with Crippen molar-refractivity contribution in [2.45, 2.75) is 71.1 Å². The van der Waals surface area contributed by atoms with Crippen molar-refractivity contribution in [1.82, 2.24) is 0 Å². The van der Waals surface area contributed by atoms with Crippen LogP contribution >= 0.6 is 0 Å². The molecule has 0 atom stereocenters. The molecule has 0 amide bonds. The Hall–Kier alpha value is -2.57. The second-order valence-electron chi connectivity index (χ2n) is 6.00. The van der Waals surface area contributed by atoms with Crippen LogP contribution in [0.5, 0.6) is 0 Å². The van der Waals surface area contributed by atoms with Crippen molar-refractivity contribution in [2.75, 3.05) is 0 Å².